The summed E-state index contributed by atoms with van der Waals surface area (Å²) in [5.41, 5.74) is 2.17. The number of nitrogens with one attached hydrogen (secondary N) is 1. The molecule has 7 nitrogen and oxygen atoms in total. The highest BCUT2D eigenvalue weighted by Gasteiger charge is 2.20. The first-order valence-electron chi connectivity index (χ1n) is 7.71. The quantitative estimate of drug-likeness (QED) is 0.702. The van der Waals surface area contributed by atoms with E-state index >= 15 is 0 Å². The van der Waals surface area contributed by atoms with Crippen molar-refractivity contribution < 1.29 is 15.0 Å². The Balaban J connectivity index is 2.27. The molecule has 7 heteroatoms. The average Bonchev–Trinajstić information content (AvgIpc) is 3.04. The van der Waals surface area contributed by atoms with Crippen LogP contribution in [0.1, 0.15) is 42.0 Å². The number of aryl methyl sites for hydroxylation is 1. The molecule has 0 spiro atoms. The average molecular weight is 318 g/mol. The van der Waals surface area contributed by atoms with Crippen molar-refractivity contribution in [3.63, 3.8) is 0 Å². The molecule has 23 heavy (non-hydrogen) atoms. The largest absolute Gasteiger partial charge is 0.394 e. The summed E-state index contributed by atoms with van der Waals surface area (Å²) in [5, 5.41) is 29.6. The van der Waals surface area contributed by atoms with Crippen molar-refractivity contribution in [3.05, 3.63) is 41.2 Å². The Hall–Kier alpha value is -2.25. The van der Waals surface area contributed by atoms with E-state index in [-0.39, 0.29) is 30.6 Å². The van der Waals surface area contributed by atoms with Crippen LogP contribution in [0.2, 0.25) is 0 Å². The van der Waals surface area contributed by atoms with Crippen LogP contribution in [-0.2, 0) is 13.0 Å². The predicted molar refractivity (Wildman–Crippen MR) is 85.3 cm³/mol. The Labute approximate surface area is 135 Å². The molecular formula is C16H22N4O3. The number of hydrogen-bond donors (Lipinski definition) is 3. The van der Waals surface area contributed by atoms with E-state index in [4.69, 9.17) is 0 Å². The van der Waals surface area contributed by atoms with E-state index in [0.29, 0.717) is 12.1 Å². The Morgan fingerprint density at radius 2 is 1.91 bits per heavy atom. The second-order valence-electron chi connectivity index (χ2n) is 5.22. The topological polar surface area (TPSA) is 100 Å². The summed E-state index contributed by atoms with van der Waals surface area (Å²) in [5.74, 6) is -0.452. The number of carbonyl (C=O) groups excluding carboxylic acids is 1. The Morgan fingerprint density at radius 1 is 1.22 bits per heavy atom. The van der Waals surface area contributed by atoms with Crippen molar-refractivity contribution in [1.82, 2.24) is 20.3 Å². The first kappa shape index (κ1) is 17.1. The van der Waals surface area contributed by atoms with E-state index in [9.17, 15) is 15.0 Å². The van der Waals surface area contributed by atoms with Gasteiger partial charge in [-0.3, -0.25) is 4.79 Å². The molecular weight excluding hydrogens is 296 g/mol. The lowest BCUT2D eigenvalue weighted by molar-refractivity contribution is 0.0906. The molecule has 3 N–H and O–H groups in total. The van der Waals surface area contributed by atoms with Crippen LogP contribution < -0.4 is 5.32 Å². The zero-order valence-electron chi connectivity index (χ0n) is 13.4. The first-order valence-corrected chi connectivity index (χ1v) is 7.71. The van der Waals surface area contributed by atoms with Gasteiger partial charge in [-0.05, 0) is 30.5 Å². The van der Waals surface area contributed by atoms with Gasteiger partial charge >= 0.3 is 0 Å². The predicted octanol–water partition coefficient (Wildman–Crippen LogP) is 0.823. The van der Waals surface area contributed by atoms with Crippen LogP contribution in [0, 0.1) is 0 Å². The maximum Gasteiger partial charge on any atom is 0.274 e. The lowest BCUT2D eigenvalue weighted by Gasteiger charge is -2.12. The molecule has 0 bridgehead atoms. The Morgan fingerprint density at radius 3 is 2.43 bits per heavy atom. The second-order valence-corrected chi connectivity index (χ2v) is 5.22. The van der Waals surface area contributed by atoms with E-state index in [1.807, 2.05) is 31.2 Å². The van der Waals surface area contributed by atoms with Gasteiger partial charge in [-0.1, -0.05) is 26.0 Å². The molecule has 0 fully saturated rings. The van der Waals surface area contributed by atoms with E-state index in [2.05, 4.69) is 22.4 Å². The zero-order valence-corrected chi connectivity index (χ0v) is 13.4. The molecule has 1 aromatic carbocycles. The fourth-order valence-electron chi connectivity index (χ4n) is 2.13. The number of aromatic nitrogens is 3. The molecule has 1 atom stereocenters. The van der Waals surface area contributed by atoms with Gasteiger partial charge in [0.1, 0.15) is 5.69 Å². The number of rotatable bonds is 7. The highest BCUT2D eigenvalue weighted by molar-refractivity contribution is 5.93. The number of carbonyl (C=O) groups is 1. The van der Waals surface area contributed by atoms with Crippen LogP contribution >= 0.6 is 0 Å². The number of benzene rings is 1. The fourth-order valence-corrected chi connectivity index (χ4v) is 2.13. The molecule has 2 aromatic rings. The molecule has 0 aliphatic heterocycles. The number of nitrogens with zero attached hydrogens (tertiary/aromatic N) is 3. The van der Waals surface area contributed by atoms with E-state index < -0.39 is 5.91 Å². The van der Waals surface area contributed by atoms with Gasteiger partial charge in [0, 0.05) is 0 Å². The van der Waals surface area contributed by atoms with Gasteiger partial charge in [0.05, 0.1) is 24.9 Å². The van der Waals surface area contributed by atoms with Crippen molar-refractivity contribution in [2.75, 3.05) is 6.61 Å². The summed E-state index contributed by atoms with van der Waals surface area (Å²) in [4.78, 5) is 13.6. The van der Waals surface area contributed by atoms with Crippen LogP contribution in [0.4, 0.5) is 0 Å². The Kier molecular flexibility index (Phi) is 5.84. The van der Waals surface area contributed by atoms with Gasteiger partial charge < -0.3 is 15.5 Å². The number of aliphatic hydroxyl groups is 2. The zero-order chi connectivity index (χ0) is 16.8. The van der Waals surface area contributed by atoms with Gasteiger partial charge in [0.2, 0.25) is 0 Å². The molecule has 2 rings (SSSR count). The SMILES string of the molecule is CCc1ccc(-n2nc(CO)c(C(=O)N[C@H](CC)CO)n2)cc1. The summed E-state index contributed by atoms with van der Waals surface area (Å²) in [6, 6.07) is 7.32. The fraction of sp³-hybridized carbons (Fsp3) is 0.438. The van der Waals surface area contributed by atoms with Crippen molar-refractivity contribution in [1.29, 1.82) is 0 Å². The molecule has 0 aliphatic carbocycles. The summed E-state index contributed by atoms with van der Waals surface area (Å²) >= 11 is 0. The maximum absolute atomic E-state index is 12.2. The van der Waals surface area contributed by atoms with Crippen molar-refractivity contribution in [2.45, 2.75) is 39.3 Å². The third-order valence-corrected chi connectivity index (χ3v) is 3.67. The maximum atomic E-state index is 12.2. The highest BCUT2D eigenvalue weighted by Crippen LogP contribution is 2.11. The second kappa shape index (κ2) is 7.85. The van der Waals surface area contributed by atoms with Crippen LogP contribution in [0.5, 0.6) is 0 Å². The van der Waals surface area contributed by atoms with Crippen LogP contribution in [0.15, 0.2) is 24.3 Å². The minimum Gasteiger partial charge on any atom is -0.394 e. The highest BCUT2D eigenvalue weighted by atomic mass is 16.3. The Bertz CT molecular complexity index is 648. The van der Waals surface area contributed by atoms with Crippen molar-refractivity contribution in [2.24, 2.45) is 0 Å². The standard InChI is InChI=1S/C16H22N4O3/c1-3-11-5-7-13(8-6-11)20-18-14(10-22)15(19-20)16(23)17-12(4-2)9-21/h5-8,12,21-22H,3-4,9-10H2,1-2H3,(H,17,23)/t12-/m1/s1. The molecule has 1 heterocycles. The van der Waals surface area contributed by atoms with Gasteiger partial charge in [0.25, 0.3) is 5.91 Å². The molecule has 124 valence electrons. The van der Waals surface area contributed by atoms with Crippen molar-refractivity contribution in [3.8, 4) is 5.69 Å². The van der Waals surface area contributed by atoms with Gasteiger partial charge in [-0.25, -0.2) is 0 Å². The van der Waals surface area contributed by atoms with Crippen LogP contribution in [0.3, 0.4) is 0 Å². The molecule has 1 aromatic heterocycles. The molecule has 0 unspecified atom stereocenters. The smallest absolute Gasteiger partial charge is 0.274 e. The van der Waals surface area contributed by atoms with E-state index in [1.165, 1.54) is 10.4 Å². The number of aliphatic hydroxyl groups excluding tert-OH is 2. The number of hydrogen-bond acceptors (Lipinski definition) is 5. The first-order chi connectivity index (χ1) is 11.1. The van der Waals surface area contributed by atoms with Crippen molar-refractivity contribution >= 4 is 5.91 Å². The lowest BCUT2D eigenvalue weighted by Crippen LogP contribution is -2.37. The van der Waals surface area contributed by atoms with Gasteiger partial charge in [0.15, 0.2) is 5.69 Å². The third-order valence-electron chi connectivity index (χ3n) is 3.67. The minimum absolute atomic E-state index is 0.0685. The summed E-state index contributed by atoms with van der Waals surface area (Å²) in [6.45, 7) is 3.40. The van der Waals surface area contributed by atoms with Crippen LogP contribution in [-0.4, -0.2) is 43.8 Å². The summed E-state index contributed by atoms with van der Waals surface area (Å²) in [6.07, 6.45) is 1.53. The van der Waals surface area contributed by atoms with E-state index in [1.54, 1.807) is 0 Å². The van der Waals surface area contributed by atoms with Crippen LogP contribution in [0.25, 0.3) is 5.69 Å². The normalized spacial score (nSPS) is 12.2. The molecule has 1 amide bonds. The molecule has 0 aliphatic rings. The molecule has 0 saturated carbocycles. The summed E-state index contributed by atoms with van der Waals surface area (Å²) in [7, 11) is 0. The molecule has 0 radical (unpaired) electrons. The minimum atomic E-state index is -0.452. The number of amides is 1. The van der Waals surface area contributed by atoms with Gasteiger partial charge in [-0.15, -0.1) is 10.2 Å². The summed E-state index contributed by atoms with van der Waals surface area (Å²) < 4.78 is 0. The third kappa shape index (κ3) is 3.94. The lowest BCUT2D eigenvalue weighted by atomic mass is 10.2. The molecule has 0 saturated heterocycles. The monoisotopic (exact) mass is 318 g/mol. The van der Waals surface area contributed by atoms with Gasteiger partial charge in [-0.2, -0.15) is 4.80 Å². The van der Waals surface area contributed by atoms with E-state index in [0.717, 1.165) is 6.42 Å².